The third-order valence-corrected chi connectivity index (χ3v) is 3.13. The van der Waals surface area contributed by atoms with Crippen molar-refractivity contribution in [1.82, 2.24) is 0 Å². The number of halogens is 2. The van der Waals surface area contributed by atoms with Crippen LogP contribution in [0.5, 0.6) is 0 Å². The maximum absolute atomic E-state index is 11.8. The van der Waals surface area contributed by atoms with Crippen LogP contribution in [0, 0.1) is 10.1 Å². The highest BCUT2D eigenvalue weighted by Crippen LogP contribution is 2.31. The van der Waals surface area contributed by atoms with Gasteiger partial charge in [-0.2, -0.15) is 0 Å². The Labute approximate surface area is 112 Å². The van der Waals surface area contributed by atoms with Gasteiger partial charge in [0.1, 0.15) is 6.10 Å². The lowest BCUT2D eigenvalue weighted by molar-refractivity contribution is -0.384. The van der Waals surface area contributed by atoms with E-state index in [2.05, 4.69) is 0 Å². The van der Waals surface area contributed by atoms with Crippen molar-refractivity contribution in [2.45, 2.75) is 6.10 Å². The molecular weight excluding hydrogens is 285 g/mol. The number of nitro groups is 1. The van der Waals surface area contributed by atoms with Crippen molar-refractivity contribution in [2.24, 2.45) is 0 Å². The fourth-order valence-corrected chi connectivity index (χ4v) is 1.73. The van der Waals surface area contributed by atoms with Gasteiger partial charge in [-0.3, -0.25) is 10.1 Å². The molecule has 1 heterocycles. The van der Waals surface area contributed by atoms with Crippen LogP contribution in [-0.2, 0) is 9.47 Å². The van der Waals surface area contributed by atoms with Crippen LogP contribution in [0.1, 0.15) is 10.4 Å². The molecule has 0 amide bonds. The molecule has 0 aromatic heterocycles. The number of hydrogen-bond acceptors (Lipinski definition) is 5. The Hall–Kier alpha value is -1.37. The molecule has 0 N–H and O–H groups in total. The van der Waals surface area contributed by atoms with E-state index in [1.807, 2.05) is 0 Å². The first-order valence-corrected chi connectivity index (χ1v) is 5.67. The number of nitro benzene ring substituents is 1. The van der Waals surface area contributed by atoms with Gasteiger partial charge in [-0.1, -0.05) is 23.2 Å². The Bertz CT molecular complexity index is 515. The fourth-order valence-electron chi connectivity index (χ4n) is 1.33. The molecule has 0 bridgehead atoms. The molecule has 6 nitrogen and oxygen atoms in total. The molecule has 1 fully saturated rings. The summed E-state index contributed by atoms with van der Waals surface area (Å²) in [5, 5.41) is 10.5. The summed E-state index contributed by atoms with van der Waals surface area (Å²) in [5.41, 5.74) is -0.441. The molecular formula is C10H7Cl2NO5. The number of carbonyl (C=O) groups excluding carboxylic acids is 1. The first kappa shape index (κ1) is 13.1. The van der Waals surface area contributed by atoms with Gasteiger partial charge in [-0.15, -0.1) is 0 Å². The Balaban J connectivity index is 2.29. The predicted octanol–water partition coefficient (Wildman–Crippen LogP) is 2.46. The highest BCUT2D eigenvalue weighted by molar-refractivity contribution is 6.43. The molecule has 96 valence electrons. The van der Waals surface area contributed by atoms with E-state index in [1.165, 1.54) is 0 Å². The summed E-state index contributed by atoms with van der Waals surface area (Å²) in [5.74, 6) is -0.751. The number of ether oxygens (including phenoxy) is 2. The monoisotopic (exact) mass is 291 g/mol. The van der Waals surface area contributed by atoms with Crippen LogP contribution in [0.15, 0.2) is 12.1 Å². The summed E-state index contributed by atoms with van der Waals surface area (Å²) in [6, 6.07) is 2.11. The minimum absolute atomic E-state index is 0.0625. The van der Waals surface area contributed by atoms with E-state index >= 15 is 0 Å². The Kier molecular flexibility index (Phi) is 3.70. The molecule has 0 radical (unpaired) electrons. The summed E-state index contributed by atoms with van der Waals surface area (Å²) in [6.45, 7) is 0.623. The van der Waals surface area contributed by atoms with E-state index in [0.29, 0.717) is 13.2 Å². The van der Waals surface area contributed by atoms with Gasteiger partial charge in [0.25, 0.3) is 5.69 Å². The zero-order valence-electron chi connectivity index (χ0n) is 8.89. The number of carbonyl (C=O) groups is 1. The summed E-state index contributed by atoms with van der Waals surface area (Å²) in [6.07, 6.45) is -0.341. The first-order chi connectivity index (χ1) is 8.49. The third kappa shape index (κ3) is 2.55. The van der Waals surface area contributed by atoms with Crippen molar-refractivity contribution in [3.63, 3.8) is 0 Å². The van der Waals surface area contributed by atoms with E-state index in [1.54, 1.807) is 0 Å². The number of benzene rings is 1. The van der Waals surface area contributed by atoms with E-state index in [9.17, 15) is 14.9 Å². The molecule has 8 heteroatoms. The Morgan fingerprint density at radius 1 is 1.44 bits per heavy atom. The molecule has 1 aromatic rings. The van der Waals surface area contributed by atoms with Crippen molar-refractivity contribution in [2.75, 3.05) is 13.2 Å². The average molecular weight is 292 g/mol. The van der Waals surface area contributed by atoms with Crippen LogP contribution < -0.4 is 0 Å². The highest BCUT2D eigenvalue weighted by Gasteiger charge is 2.26. The molecule has 0 spiro atoms. The van der Waals surface area contributed by atoms with Crippen LogP contribution in [0.2, 0.25) is 10.0 Å². The van der Waals surface area contributed by atoms with Crippen molar-refractivity contribution >= 4 is 34.9 Å². The standard InChI is InChI=1S/C10H7Cl2NO5/c11-8-2-5(13(15)16)1-7(9(8)12)10(14)18-6-3-17-4-6/h1-2,6H,3-4H2. The molecule has 0 atom stereocenters. The number of esters is 1. The zero-order valence-corrected chi connectivity index (χ0v) is 10.4. The molecule has 1 aromatic carbocycles. The van der Waals surface area contributed by atoms with Gasteiger partial charge in [-0.05, 0) is 0 Å². The van der Waals surface area contributed by atoms with Gasteiger partial charge < -0.3 is 9.47 Å². The Morgan fingerprint density at radius 2 is 2.11 bits per heavy atom. The second-order valence-electron chi connectivity index (χ2n) is 3.61. The van der Waals surface area contributed by atoms with Crippen LogP contribution in [0.3, 0.4) is 0 Å². The molecule has 0 saturated carbocycles. The molecule has 0 unspecified atom stereocenters. The third-order valence-electron chi connectivity index (χ3n) is 2.32. The van der Waals surface area contributed by atoms with Gasteiger partial charge in [0.15, 0.2) is 0 Å². The lowest BCUT2D eigenvalue weighted by Crippen LogP contribution is -2.37. The second-order valence-corrected chi connectivity index (χ2v) is 4.40. The fraction of sp³-hybridized carbons (Fsp3) is 0.300. The van der Waals surface area contributed by atoms with Crippen LogP contribution in [0.25, 0.3) is 0 Å². The van der Waals surface area contributed by atoms with Crippen LogP contribution in [-0.4, -0.2) is 30.2 Å². The number of nitrogens with zero attached hydrogens (tertiary/aromatic N) is 1. The van der Waals surface area contributed by atoms with Gasteiger partial charge in [0, 0.05) is 12.1 Å². The molecule has 1 aliphatic rings. The maximum Gasteiger partial charge on any atom is 0.340 e. The highest BCUT2D eigenvalue weighted by atomic mass is 35.5. The molecule has 2 rings (SSSR count). The second kappa shape index (κ2) is 5.09. The molecule has 0 aliphatic carbocycles. The summed E-state index contributed by atoms with van der Waals surface area (Å²) >= 11 is 11.5. The summed E-state index contributed by atoms with van der Waals surface area (Å²) in [7, 11) is 0. The van der Waals surface area contributed by atoms with E-state index in [0.717, 1.165) is 12.1 Å². The molecule has 18 heavy (non-hydrogen) atoms. The van der Waals surface area contributed by atoms with Gasteiger partial charge in [-0.25, -0.2) is 4.79 Å². The quantitative estimate of drug-likeness (QED) is 0.485. The van der Waals surface area contributed by atoms with Crippen molar-refractivity contribution in [1.29, 1.82) is 0 Å². The van der Waals surface area contributed by atoms with E-state index < -0.39 is 10.9 Å². The van der Waals surface area contributed by atoms with Crippen LogP contribution >= 0.6 is 23.2 Å². The number of non-ortho nitro benzene ring substituents is 1. The zero-order chi connectivity index (χ0) is 13.3. The van der Waals surface area contributed by atoms with Gasteiger partial charge >= 0.3 is 5.97 Å². The number of rotatable bonds is 3. The number of hydrogen-bond donors (Lipinski definition) is 0. The summed E-state index contributed by atoms with van der Waals surface area (Å²) < 4.78 is 9.86. The topological polar surface area (TPSA) is 78.7 Å². The smallest absolute Gasteiger partial charge is 0.340 e. The molecule has 1 saturated heterocycles. The maximum atomic E-state index is 11.8. The van der Waals surface area contributed by atoms with Crippen LogP contribution in [0.4, 0.5) is 5.69 Å². The minimum atomic E-state index is -0.751. The largest absolute Gasteiger partial charge is 0.454 e. The predicted molar refractivity (Wildman–Crippen MR) is 63.1 cm³/mol. The SMILES string of the molecule is O=C(OC1COC1)c1cc([N+](=O)[O-])cc(Cl)c1Cl. The minimum Gasteiger partial charge on any atom is -0.454 e. The van der Waals surface area contributed by atoms with Gasteiger partial charge in [0.05, 0.1) is 33.7 Å². The van der Waals surface area contributed by atoms with E-state index in [4.69, 9.17) is 32.7 Å². The molecule has 1 aliphatic heterocycles. The van der Waals surface area contributed by atoms with Crippen molar-refractivity contribution in [3.05, 3.63) is 37.9 Å². The van der Waals surface area contributed by atoms with Crippen molar-refractivity contribution in [3.8, 4) is 0 Å². The first-order valence-electron chi connectivity index (χ1n) is 4.91. The van der Waals surface area contributed by atoms with Gasteiger partial charge in [0.2, 0.25) is 0 Å². The van der Waals surface area contributed by atoms with E-state index in [-0.39, 0.29) is 27.4 Å². The normalized spacial score (nSPS) is 15.0. The average Bonchev–Trinajstić information content (AvgIpc) is 2.26. The summed E-state index contributed by atoms with van der Waals surface area (Å²) in [4.78, 5) is 21.8. The lowest BCUT2D eigenvalue weighted by atomic mass is 10.2. The lowest BCUT2D eigenvalue weighted by Gasteiger charge is -2.25. The van der Waals surface area contributed by atoms with Crippen molar-refractivity contribution < 1.29 is 19.2 Å². The Morgan fingerprint density at radius 3 is 2.61 bits per heavy atom.